The monoisotopic (exact) mass is 214 g/mol. The van der Waals surface area contributed by atoms with Crippen LogP contribution in [-0.2, 0) is 9.47 Å². The number of hydrogen-bond donors (Lipinski definition) is 2. The molecular formula is C11H22N2O2. The van der Waals surface area contributed by atoms with E-state index in [9.17, 15) is 0 Å². The summed E-state index contributed by atoms with van der Waals surface area (Å²) in [4.78, 5) is 0. The van der Waals surface area contributed by atoms with Crippen molar-refractivity contribution in [3.8, 4) is 0 Å². The first-order chi connectivity index (χ1) is 7.29. The van der Waals surface area contributed by atoms with E-state index in [1.54, 1.807) is 14.2 Å². The zero-order chi connectivity index (χ0) is 10.8. The Kier molecular flexibility index (Phi) is 3.30. The predicted molar refractivity (Wildman–Crippen MR) is 59.0 cm³/mol. The molecule has 2 fully saturated rings. The molecular weight excluding hydrogens is 192 g/mol. The van der Waals surface area contributed by atoms with E-state index < -0.39 is 0 Å². The molecule has 2 aliphatic heterocycles. The molecule has 0 unspecified atom stereocenters. The van der Waals surface area contributed by atoms with Crippen LogP contribution in [0.3, 0.4) is 0 Å². The van der Waals surface area contributed by atoms with Crippen LogP contribution in [0.2, 0.25) is 0 Å². The van der Waals surface area contributed by atoms with Gasteiger partial charge in [-0.05, 0) is 6.42 Å². The molecule has 4 nitrogen and oxygen atoms in total. The molecule has 2 heterocycles. The normalized spacial score (nSPS) is 39.6. The quantitative estimate of drug-likeness (QED) is 0.668. The Morgan fingerprint density at radius 3 is 2.07 bits per heavy atom. The first-order valence-electron chi connectivity index (χ1n) is 5.68. The Morgan fingerprint density at radius 2 is 1.53 bits per heavy atom. The molecule has 0 saturated carbocycles. The van der Waals surface area contributed by atoms with Gasteiger partial charge in [-0.3, -0.25) is 0 Å². The van der Waals surface area contributed by atoms with Gasteiger partial charge in [-0.1, -0.05) is 0 Å². The summed E-state index contributed by atoms with van der Waals surface area (Å²) in [6.45, 7) is 6.00. The van der Waals surface area contributed by atoms with E-state index in [1.165, 1.54) is 0 Å². The van der Waals surface area contributed by atoms with E-state index in [-0.39, 0.29) is 5.41 Å². The lowest BCUT2D eigenvalue weighted by Crippen LogP contribution is -2.44. The van der Waals surface area contributed by atoms with Crippen molar-refractivity contribution in [3.05, 3.63) is 0 Å². The third-order valence-electron chi connectivity index (χ3n) is 4.18. The van der Waals surface area contributed by atoms with Crippen molar-refractivity contribution in [1.82, 2.24) is 10.6 Å². The fourth-order valence-corrected chi connectivity index (χ4v) is 3.23. The van der Waals surface area contributed by atoms with Gasteiger partial charge in [0.2, 0.25) is 0 Å². The van der Waals surface area contributed by atoms with Gasteiger partial charge >= 0.3 is 0 Å². The second-order valence-electron chi connectivity index (χ2n) is 4.94. The third kappa shape index (κ3) is 1.69. The number of rotatable bonds is 5. The van der Waals surface area contributed by atoms with E-state index in [2.05, 4.69) is 10.6 Å². The molecule has 2 aliphatic rings. The molecule has 2 rings (SSSR count). The average Bonchev–Trinajstić information content (AvgIpc) is 2.70. The topological polar surface area (TPSA) is 42.5 Å². The molecule has 88 valence electrons. The highest BCUT2D eigenvalue weighted by atomic mass is 16.5. The van der Waals surface area contributed by atoms with Crippen LogP contribution in [-0.4, -0.2) is 53.6 Å². The van der Waals surface area contributed by atoms with Gasteiger partial charge in [-0.25, -0.2) is 0 Å². The Bertz CT molecular complexity index is 211. The van der Waals surface area contributed by atoms with Gasteiger partial charge in [0.05, 0.1) is 6.61 Å². The molecule has 0 aliphatic carbocycles. The number of ether oxygens (including phenoxy) is 2. The van der Waals surface area contributed by atoms with Crippen molar-refractivity contribution in [3.63, 3.8) is 0 Å². The van der Waals surface area contributed by atoms with Crippen molar-refractivity contribution >= 4 is 0 Å². The molecule has 0 spiro atoms. The smallest absolute Gasteiger partial charge is 0.0549 e. The Balaban J connectivity index is 2.12. The highest BCUT2D eigenvalue weighted by molar-refractivity contribution is 5.11. The van der Waals surface area contributed by atoms with Crippen LogP contribution >= 0.6 is 0 Å². The molecule has 0 aromatic heterocycles. The number of methoxy groups -OCH3 is 2. The summed E-state index contributed by atoms with van der Waals surface area (Å²) in [7, 11) is 3.58. The summed E-state index contributed by atoms with van der Waals surface area (Å²) < 4.78 is 10.6. The fourth-order valence-electron chi connectivity index (χ4n) is 3.23. The van der Waals surface area contributed by atoms with Crippen LogP contribution in [0.25, 0.3) is 0 Å². The maximum absolute atomic E-state index is 5.41. The molecule has 15 heavy (non-hydrogen) atoms. The summed E-state index contributed by atoms with van der Waals surface area (Å²) in [6, 6.07) is 0. The average molecular weight is 214 g/mol. The molecule has 2 N–H and O–H groups in total. The highest BCUT2D eigenvalue weighted by Gasteiger charge is 2.57. The predicted octanol–water partition coefficient (Wildman–Crippen LogP) is -0.151. The van der Waals surface area contributed by atoms with Crippen molar-refractivity contribution < 1.29 is 9.47 Å². The lowest BCUT2D eigenvalue weighted by Gasteiger charge is -2.38. The van der Waals surface area contributed by atoms with E-state index in [1.807, 2.05) is 0 Å². The summed E-state index contributed by atoms with van der Waals surface area (Å²) in [5, 5.41) is 7.05. The molecule has 0 amide bonds. The molecule has 0 aromatic carbocycles. The number of nitrogens with one attached hydrogen (secondary N) is 2. The lowest BCUT2D eigenvalue weighted by molar-refractivity contribution is 0.0214. The molecule has 4 heteroatoms. The van der Waals surface area contributed by atoms with E-state index in [4.69, 9.17) is 9.47 Å². The second-order valence-corrected chi connectivity index (χ2v) is 4.94. The van der Waals surface area contributed by atoms with Gasteiger partial charge in [0.15, 0.2) is 0 Å². The zero-order valence-corrected chi connectivity index (χ0v) is 9.77. The third-order valence-corrected chi connectivity index (χ3v) is 4.18. The SMILES string of the molecule is COCCC12CNCC1(COC)CNC2. The summed E-state index contributed by atoms with van der Waals surface area (Å²) in [5.74, 6) is 0. The van der Waals surface area contributed by atoms with E-state index in [0.29, 0.717) is 5.41 Å². The molecule has 0 bridgehead atoms. The minimum absolute atomic E-state index is 0.278. The van der Waals surface area contributed by atoms with Crippen molar-refractivity contribution in [2.45, 2.75) is 6.42 Å². The number of fused-ring (bicyclic) bond motifs is 1. The van der Waals surface area contributed by atoms with Crippen molar-refractivity contribution in [2.75, 3.05) is 53.6 Å². The van der Waals surface area contributed by atoms with Gasteiger partial charge in [0.1, 0.15) is 0 Å². The van der Waals surface area contributed by atoms with Gasteiger partial charge in [-0.15, -0.1) is 0 Å². The largest absolute Gasteiger partial charge is 0.385 e. The standard InChI is InChI=1S/C11H22N2O2/c1-14-4-3-10-5-12-7-11(10,9-15-2)8-13-6-10/h12-13H,3-9H2,1-2H3. The van der Waals surface area contributed by atoms with Crippen LogP contribution in [0.5, 0.6) is 0 Å². The van der Waals surface area contributed by atoms with Gasteiger partial charge < -0.3 is 20.1 Å². The molecule has 0 atom stereocenters. The zero-order valence-electron chi connectivity index (χ0n) is 9.77. The lowest BCUT2D eigenvalue weighted by atomic mass is 9.67. The van der Waals surface area contributed by atoms with Crippen LogP contribution in [0.1, 0.15) is 6.42 Å². The fraction of sp³-hybridized carbons (Fsp3) is 1.00. The van der Waals surface area contributed by atoms with Gasteiger partial charge in [-0.2, -0.15) is 0 Å². The van der Waals surface area contributed by atoms with E-state index >= 15 is 0 Å². The molecule has 0 aromatic rings. The maximum Gasteiger partial charge on any atom is 0.0549 e. The van der Waals surface area contributed by atoms with Crippen LogP contribution in [0, 0.1) is 10.8 Å². The van der Waals surface area contributed by atoms with Crippen molar-refractivity contribution in [1.29, 1.82) is 0 Å². The number of hydrogen-bond acceptors (Lipinski definition) is 4. The first kappa shape index (κ1) is 11.3. The highest BCUT2D eigenvalue weighted by Crippen LogP contribution is 2.48. The summed E-state index contributed by atoms with van der Waals surface area (Å²) in [5.41, 5.74) is 0.610. The first-order valence-corrected chi connectivity index (χ1v) is 5.68. The molecule has 0 radical (unpaired) electrons. The Morgan fingerprint density at radius 1 is 0.933 bits per heavy atom. The maximum atomic E-state index is 5.41. The summed E-state index contributed by atoms with van der Waals surface area (Å²) >= 11 is 0. The molecule has 2 saturated heterocycles. The Hall–Kier alpha value is -0.160. The van der Waals surface area contributed by atoms with Crippen LogP contribution in [0.15, 0.2) is 0 Å². The van der Waals surface area contributed by atoms with Gasteiger partial charge in [0, 0.05) is 57.8 Å². The second kappa shape index (κ2) is 4.37. The minimum atomic E-state index is 0.278. The van der Waals surface area contributed by atoms with Crippen LogP contribution in [0.4, 0.5) is 0 Å². The summed E-state index contributed by atoms with van der Waals surface area (Å²) in [6.07, 6.45) is 1.12. The van der Waals surface area contributed by atoms with Gasteiger partial charge in [0.25, 0.3) is 0 Å². The Labute approximate surface area is 91.7 Å². The van der Waals surface area contributed by atoms with Crippen molar-refractivity contribution in [2.24, 2.45) is 10.8 Å². The van der Waals surface area contributed by atoms with E-state index in [0.717, 1.165) is 45.8 Å². The minimum Gasteiger partial charge on any atom is -0.385 e. The van der Waals surface area contributed by atoms with Crippen LogP contribution < -0.4 is 10.6 Å².